The first-order chi connectivity index (χ1) is 12.0. The zero-order chi connectivity index (χ0) is 17.6. The quantitative estimate of drug-likeness (QED) is 0.467. The van der Waals surface area contributed by atoms with Gasteiger partial charge in [0, 0.05) is 22.6 Å². The number of ether oxygens (including phenoxy) is 1. The van der Waals surface area contributed by atoms with Gasteiger partial charge in [-0.15, -0.1) is 11.3 Å². The Morgan fingerprint density at radius 2 is 2.20 bits per heavy atom. The molecule has 2 aliphatic rings. The van der Waals surface area contributed by atoms with Crippen LogP contribution in [0.1, 0.15) is 45.4 Å². The lowest BCUT2D eigenvalue weighted by Gasteiger charge is -2.22. The largest absolute Gasteiger partial charge is 0.481 e. The summed E-state index contributed by atoms with van der Waals surface area (Å²) in [5.41, 5.74) is -0.323. The minimum absolute atomic E-state index is 0.0883. The van der Waals surface area contributed by atoms with Gasteiger partial charge in [-0.25, -0.2) is 9.37 Å². The highest BCUT2D eigenvalue weighted by molar-refractivity contribution is 7.12. The molecular formula is C17H13FN2O4S. The second kappa shape index (κ2) is 6.03. The van der Waals surface area contributed by atoms with Crippen LogP contribution in [0.15, 0.2) is 23.9 Å². The van der Waals surface area contributed by atoms with Gasteiger partial charge in [0.1, 0.15) is 12.4 Å². The van der Waals surface area contributed by atoms with E-state index in [1.54, 1.807) is 12.3 Å². The van der Waals surface area contributed by atoms with E-state index in [0.29, 0.717) is 11.5 Å². The Kier molecular flexibility index (Phi) is 3.84. The number of aromatic nitrogens is 1. The van der Waals surface area contributed by atoms with E-state index < -0.39 is 22.2 Å². The molecule has 2 heterocycles. The van der Waals surface area contributed by atoms with Crippen molar-refractivity contribution in [1.29, 1.82) is 0 Å². The van der Waals surface area contributed by atoms with E-state index in [-0.39, 0.29) is 17.9 Å². The maximum absolute atomic E-state index is 13.6. The summed E-state index contributed by atoms with van der Waals surface area (Å²) >= 11 is 1.53. The summed E-state index contributed by atoms with van der Waals surface area (Å²) in [7, 11) is 0. The van der Waals surface area contributed by atoms with Crippen LogP contribution in [0.25, 0.3) is 6.08 Å². The average Bonchev–Trinajstić information content (AvgIpc) is 2.96. The minimum Gasteiger partial charge on any atom is -0.481 e. The fourth-order valence-corrected chi connectivity index (χ4v) is 3.97. The number of carbonyl (C=O) groups excluding carboxylic acids is 1. The van der Waals surface area contributed by atoms with Gasteiger partial charge in [-0.2, -0.15) is 0 Å². The normalized spacial score (nSPS) is 18.6. The third kappa shape index (κ3) is 2.82. The van der Waals surface area contributed by atoms with Crippen molar-refractivity contribution in [1.82, 2.24) is 4.98 Å². The van der Waals surface area contributed by atoms with Gasteiger partial charge in [-0.05, 0) is 25.0 Å². The number of hydrogen-bond acceptors (Lipinski definition) is 6. The Hall–Kier alpha value is -2.61. The molecule has 1 fully saturated rings. The van der Waals surface area contributed by atoms with Gasteiger partial charge in [0.05, 0.1) is 21.6 Å². The number of benzene rings is 1. The molecule has 0 saturated heterocycles. The van der Waals surface area contributed by atoms with E-state index in [2.05, 4.69) is 4.98 Å². The summed E-state index contributed by atoms with van der Waals surface area (Å²) in [6.07, 6.45) is 6.88. The molecule has 4 rings (SSSR count). The van der Waals surface area contributed by atoms with Crippen molar-refractivity contribution in [3.05, 3.63) is 55.3 Å². The average molecular weight is 360 g/mol. The maximum atomic E-state index is 13.6. The molecule has 0 spiro atoms. The fourth-order valence-electron chi connectivity index (χ4n) is 2.91. The summed E-state index contributed by atoms with van der Waals surface area (Å²) in [6, 6.07) is 1.74. The topological polar surface area (TPSA) is 82.3 Å². The number of nitrogens with zero attached hydrogens (tertiary/aromatic N) is 2. The van der Waals surface area contributed by atoms with E-state index in [0.717, 1.165) is 34.9 Å². The van der Waals surface area contributed by atoms with Crippen molar-refractivity contribution < 1.29 is 18.8 Å². The van der Waals surface area contributed by atoms with Crippen molar-refractivity contribution in [2.45, 2.75) is 25.2 Å². The Bertz CT molecular complexity index is 917. The first-order valence-corrected chi connectivity index (χ1v) is 8.66. The highest BCUT2D eigenvalue weighted by Crippen LogP contribution is 2.40. The van der Waals surface area contributed by atoms with E-state index in [4.69, 9.17) is 4.74 Å². The van der Waals surface area contributed by atoms with Gasteiger partial charge >= 0.3 is 5.69 Å². The molecule has 0 bridgehead atoms. The number of nitro groups is 1. The second-order valence-corrected chi connectivity index (χ2v) is 7.17. The number of halogens is 1. The molecule has 128 valence electrons. The number of nitro benzene ring substituents is 1. The standard InChI is InChI=1S/C17H13FN2O4S/c18-11-5-13-15(21)10(8-24-16(13)14(6-11)20(22)23)4-12-7-19-17(25-12)9-2-1-3-9/h4-7,9H,1-3,8H2/b10-4-. The SMILES string of the molecule is O=C1/C(=C\c2cnc(C3CCC3)s2)COc2c1cc(F)cc2[N+](=O)[O-]. The van der Waals surface area contributed by atoms with E-state index in [9.17, 15) is 19.3 Å². The first kappa shape index (κ1) is 15.9. The van der Waals surface area contributed by atoms with Crippen LogP contribution in [0.2, 0.25) is 0 Å². The lowest BCUT2D eigenvalue weighted by Crippen LogP contribution is -2.20. The van der Waals surface area contributed by atoms with Gasteiger partial charge < -0.3 is 4.74 Å². The van der Waals surface area contributed by atoms with Gasteiger partial charge in [-0.1, -0.05) is 6.42 Å². The zero-order valence-electron chi connectivity index (χ0n) is 13.0. The maximum Gasteiger partial charge on any atom is 0.314 e. The molecule has 1 aliphatic heterocycles. The Morgan fingerprint density at radius 1 is 1.40 bits per heavy atom. The molecule has 0 N–H and O–H groups in total. The van der Waals surface area contributed by atoms with Crippen LogP contribution in [-0.2, 0) is 0 Å². The van der Waals surface area contributed by atoms with Crippen LogP contribution in [0, 0.1) is 15.9 Å². The molecule has 1 aromatic carbocycles. The molecule has 1 aliphatic carbocycles. The van der Waals surface area contributed by atoms with Crippen LogP contribution in [0.3, 0.4) is 0 Å². The molecular weight excluding hydrogens is 347 g/mol. The predicted octanol–water partition coefficient (Wildman–Crippen LogP) is 4.12. The van der Waals surface area contributed by atoms with Crippen LogP contribution in [-0.4, -0.2) is 22.3 Å². The van der Waals surface area contributed by atoms with Crippen molar-refractivity contribution in [3.8, 4) is 5.75 Å². The minimum atomic E-state index is -0.839. The lowest BCUT2D eigenvalue weighted by atomic mass is 9.86. The number of rotatable bonds is 3. The summed E-state index contributed by atoms with van der Waals surface area (Å²) in [5.74, 6) is -0.961. The smallest absolute Gasteiger partial charge is 0.314 e. The first-order valence-electron chi connectivity index (χ1n) is 7.84. The number of hydrogen-bond donors (Lipinski definition) is 0. The number of thiazole rings is 1. The van der Waals surface area contributed by atoms with Gasteiger partial charge in [-0.3, -0.25) is 14.9 Å². The van der Waals surface area contributed by atoms with Crippen LogP contribution < -0.4 is 4.74 Å². The Balaban J connectivity index is 1.67. The van der Waals surface area contributed by atoms with Gasteiger partial charge in [0.25, 0.3) is 0 Å². The van der Waals surface area contributed by atoms with Crippen molar-refractivity contribution >= 4 is 28.9 Å². The summed E-state index contributed by atoms with van der Waals surface area (Å²) in [4.78, 5) is 28.1. The van der Waals surface area contributed by atoms with Crippen LogP contribution in [0.4, 0.5) is 10.1 Å². The summed E-state index contributed by atoms with van der Waals surface area (Å²) < 4.78 is 19.0. The van der Waals surface area contributed by atoms with Gasteiger partial charge in [0.2, 0.25) is 5.75 Å². The Morgan fingerprint density at radius 3 is 2.88 bits per heavy atom. The molecule has 8 heteroatoms. The highest BCUT2D eigenvalue weighted by atomic mass is 32.1. The predicted molar refractivity (Wildman–Crippen MR) is 89.6 cm³/mol. The molecule has 1 aromatic heterocycles. The second-order valence-electron chi connectivity index (χ2n) is 6.07. The van der Waals surface area contributed by atoms with E-state index in [1.807, 2.05) is 0 Å². The summed E-state index contributed by atoms with van der Waals surface area (Å²) in [5, 5.41) is 12.1. The Labute approximate surface area is 146 Å². The number of carbonyl (C=O) groups is 1. The molecule has 6 nitrogen and oxygen atoms in total. The third-order valence-electron chi connectivity index (χ3n) is 4.45. The highest BCUT2D eigenvalue weighted by Gasteiger charge is 2.31. The van der Waals surface area contributed by atoms with E-state index >= 15 is 0 Å². The fraction of sp³-hybridized carbons (Fsp3) is 0.294. The number of ketones is 1. The van der Waals surface area contributed by atoms with Crippen molar-refractivity contribution in [3.63, 3.8) is 0 Å². The third-order valence-corrected chi connectivity index (χ3v) is 5.56. The summed E-state index contributed by atoms with van der Waals surface area (Å²) in [6.45, 7) is -0.0883. The van der Waals surface area contributed by atoms with E-state index in [1.165, 1.54) is 17.8 Å². The molecule has 2 aromatic rings. The van der Waals surface area contributed by atoms with Gasteiger partial charge in [0.15, 0.2) is 5.78 Å². The molecule has 0 unspecified atom stereocenters. The van der Waals surface area contributed by atoms with Crippen molar-refractivity contribution in [2.75, 3.05) is 6.61 Å². The van der Waals surface area contributed by atoms with Crippen LogP contribution >= 0.6 is 11.3 Å². The molecule has 0 amide bonds. The van der Waals surface area contributed by atoms with Crippen LogP contribution in [0.5, 0.6) is 5.75 Å². The number of Topliss-reactive ketones (excluding diaryl/α,β-unsaturated/α-hetero) is 1. The molecule has 1 saturated carbocycles. The molecule has 0 radical (unpaired) electrons. The molecule has 25 heavy (non-hydrogen) atoms. The van der Waals surface area contributed by atoms with Crippen molar-refractivity contribution in [2.24, 2.45) is 0 Å². The molecule has 0 atom stereocenters. The lowest BCUT2D eigenvalue weighted by molar-refractivity contribution is -0.386. The number of fused-ring (bicyclic) bond motifs is 1. The zero-order valence-corrected chi connectivity index (χ0v) is 13.8. The monoisotopic (exact) mass is 360 g/mol.